The summed E-state index contributed by atoms with van der Waals surface area (Å²) in [5, 5.41) is 5.08. The Morgan fingerprint density at radius 3 is 2.86 bits per heavy atom. The predicted octanol–water partition coefficient (Wildman–Crippen LogP) is 2.42. The molecule has 0 atom stereocenters. The molecule has 0 aliphatic heterocycles. The van der Waals surface area contributed by atoms with E-state index in [9.17, 15) is 9.59 Å². The van der Waals surface area contributed by atoms with Crippen molar-refractivity contribution >= 4 is 34.0 Å². The van der Waals surface area contributed by atoms with E-state index < -0.39 is 5.60 Å². The van der Waals surface area contributed by atoms with Gasteiger partial charge in [-0.2, -0.15) is 21.4 Å². The minimum Gasteiger partial charge on any atom is -0.460 e. The summed E-state index contributed by atoms with van der Waals surface area (Å²) in [5.74, 6) is 1.11. The lowest BCUT2D eigenvalue weighted by Gasteiger charge is -2.19. The topological polar surface area (TPSA) is 73.6 Å². The predicted molar refractivity (Wildman–Crippen MR) is 88.5 cm³/mol. The first-order valence-electron chi connectivity index (χ1n) is 6.90. The van der Waals surface area contributed by atoms with Gasteiger partial charge < -0.3 is 4.74 Å². The molecular formula is C14H19N3O3S2. The quantitative estimate of drug-likeness (QED) is 0.614. The molecule has 120 valence electrons. The summed E-state index contributed by atoms with van der Waals surface area (Å²) in [6.45, 7) is 7.35. The SMILES string of the molecule is Cc1cc(=O)n2nc(CSCCC(=O)OC(C)(C)C)sc2n1. The van der Waals surface area contributed by atoms with Crippen LogP contribution in [0.4, 0.5) is 0 Å². The molecule has 0 saturated heterocycles. The van der Waals surface area contributed by atoms with Crippen molar-refractivity contribution in [1.29, 1.82) is 0 Å². The Bertz CT molecular complexity index is 731. The Balaban J connectivity index is 1.86. The number of aryl methyl sites for hydroxylation is 1. The fraction of sp³-hybridized carbons (Fsp3) is 0.571. The van der Waals surface area contributed by atoms with Gasteiger partial charge in [-0.25, -0.2) is 4.98 Å². The van der Waals surface area contributed by atoms with Crippen LogP contribution in [0, 0.1) is 6.92 Å². The molecule has 0 N–H and O–H groups in total. The van der Waals surface area contributed by atoms with E-state index in [1.54, 1.807) is 18.7 Å². The van der Waals surface area contributed by atoms with Crippen molar-refractivity contribution in [2.24, 2.45) is 0 Å². The number of ether oxygens (including phenoxy) is 1. The number of hydrogen-bond acceptors (Lipinski definition) is 7. The van der Waals surface area contributed by atoms with Gasteiger partial charge in [-0.3, -0.25) is 9.59 Å². The number of carbonyl (C=O) groups excluding carboxylic acids is 1. The van der Waals surface area contributed by atoms with Gasteiger partial charge in [-0.15, -0.1) is 0 Å². The fourth-order valence-corrected chi connectivity index (χ4v) is 3.64. The second-order valence-corrected chi connectivity index (χ2v) is 7.96. The van der Waals surface area contributed by atoms with Crippen LogP contribution in [0.25, 0.3) is 4.96 Å². The maximum absolute atomic E-state index is 11.8. The van der Waals surface area contributed by atoms with E-state index in [1.165, 1.54) is 21.9 Å². The van der Waals surface area contributed by atoms with Crippen molar-refractivity contribution < 1.29 is 9.53 Å². The van der Waals surface area contributed by atoms with Crippen LogP contribution in [-0.4, -0.2) is 31.9 Å². The average Bonchev–Trinajstić information content (AvgIpc) is 2.75. The van der Waals surface area contributed by atoms with E-state index in [0.717, 1.165) is 5.01 Å². The van der Waals surface area contributed by atoms with Crippen LogP contribution in [-0.2, 0) is 15.3 Å². The number of esters is 1. The molecule has 0 saturated carbocycles. The van der Waals surface area contributed by atoms with Gasteiger partial charge >= 0.3 is 5.97 Å². The summed E-state index contributed by atoms with van der Waals surface area (Å²) in [7, 11) is 0. The first-order chi connectivity index (χ1) is 10.2. The summed E-state index contributed by atoms with van der Waals surface area (Å²) in [5.41, 5.74) is 0.0842. The zero-order valence-electron chi connectivity index (χ0n) is 13.1. The summed E-state index contributed by atoms with van der Waals surface area (Å²) >= 11 is 2.99. The van der Waals surface area contributed by atoms with Crippen LogP contribution < -0.4 is 5.56 Å². The third-order valence-electron chi connectivity index (χ3n) is 2.51. The molecule has 0 bridgehead atoms. The van der Waals surface area contributed by atoms with Gasteiger partial charge in [0.25, 0.3) is 5.56 Å². The molecule has 0 fully saturated rings. The number of nitrogens with zero attached hydrogens (tertiary/aromatic N) is 3. The first kappa shape index (κ1) is 17.0. The number of rotatable bonds is 5. The molecule has 0 aromatic carbocycles. The summed E-state index contributed by atoms with van der Waals surface area (Å²) < 4.78 is 6.57. The first-order valence-corrected chi connectivity index (χ1v) is 8.88. The Morgan fingerprint density at radius 2 is 2.18 bits per heavy atom. The maximum atomic E-state index is 11.8. The van der Waals surface area contributed by atoms with E-state index >= 15 is 0 Å². The van der Waals surface area contributed by atoms with E-state index in [-0.39, 0.29) is 11.5 Å². The van der Waals surface area contributed by atoms with Crippen molar-refractivity contribution in [3.05, 3.63) is 27.1 Å². The van der Waals surface area contributed by atoms with Crippen molar-refractivity contribution in [3.63, 3.8) is 0 Å². The molecule has 2 aromatic rings. The van der Waals surface area contributed by atoms with Gasteiger partial charge in [0, 0.05) is 23.3 Å². The molecule has 0 radical (unpaired) electrons. The third kappa shape index (κ3) is 4.81. The van der Waals surface area contributed by atoms with Gasteiger partial charge in [-0.1, -0.05) is 11.3 Å². The highest BCUT2D eigenvalue weighted by Gasteiger charge is 2.16. The zero-order chi connectivity index (χ0) is 16.3. The van der Waals surface area contributed by atoms with Gasteiger partial charge in [-0.05, 0) is 27.7 Å². The molecule has 0 amide bonds. The number of carbonyl (C=O) groups is 1. The lowest BCUT2D eigenvalue weighted by atomic mass is 10.2. The minimum atomic E-state index is -0.445. The van der Waals surface area contributed by atoms with Crippen molar-refractivity contribution in [2.75, 3.05) is 5.75 Å². The number of fused-ring (bicyclic) bond motifs is 1. The van der Waals surface area contributed by atoms with Gasteiger partial charge in [0.1, 0.15) is 10.6 Å². The lowest BCUT2D eigenvalue weighted by molar-refractivity contribution is -0.154. The molecule has 0 spiro atoms. The van der Waals surface area contributed by atoms with E-state index in [2.05, 4.69) is 10.1 Å². The molecule has 22 heavy (non-hydrogen) atoms. The lowest BCUT2D eigenvalue weighted by Crippen LogP contribution is -2.24. The zero-order valence-corrected chi connectivity index (χ0v) is 14.7. The molecule has 0 unspecified atom stereocenters. The Morgan fingerprint density at radius 1 is 1.45 bits per heavy atom. The molecule has 0 aliphatic rings. The average molecular weight is 341 g/mol. The number of aromatic nitrogens is 3. The van der Waals surface area contributed by atoms with Crippen LogP contribution >= 0.6 is 23.1 Å². The molecule has 2 heterocycles. The molecule has 2 rings (SSSR count). The van der Waals surface area contributed by atoms with E-state index in [0.29, 0.717) is 28.6 Å². The van der Waals surface area contributed by atoms with E-state index in [4.69, 9.17) is 4.74 Å². The molecule has 6 nitrogen and oxygen atoms in total. The molecule has 2 aromatic heterocycles. The number of hydrogen-bond donors (Lipinski definition) is 0. The Hall–Kier alpha value is -1.41. The molecule has 8 heteroatoms. The number of thioether (sulfide) groups is 1. The largest absolute Gasteiger partial charge is 0.460 e. The molecular weight excluding hydrogens is 322 g/mol. The van der Waals surface area contributed by atoms with Crippen molar-refractivity contribution in [3.8, 4) is 0 Å². The van der Waals surface area contributed by atoms with Crippen LogP contribution in [0.15, 0.2) is 10.9 Å². The van der Waals surface area contributed by atoms with Crippen LogP contribution in [0.2, 0.25) is 0 Å². The standard InChI is InChI=1S/C14H19N3O3S2/c1-9-7-11(18)17-13(15-9)22-10(16-17)8-21-6-5-12(19)20-14(2,3)4/h7H,5-6,8H2,1-4H3. The van der Waals surface area contributed by atoms with Crippen LogP contribution in [0.1, 0.15) is 37.9 Å². The maximum Gasteiger partial charge on any atom is 0.307 e. The highest BCUT2D eigenvalue weighted by atomic mass is 32.2. The Labute approximate surface area is 136 Å². The second kappa shape index (κ2) is 6.78. The smallest absolute Gasteiger partial charge is 0.307 e. The van der Waals surface area contributed by atoms with Crippen molar-refractivity contribution in [2.45, 2.75) is 45.5 Å². The second-order valence-electron chi connectivity index (χ2n) is 5.81. The van der Waals surface area contributed by atoms with Crippen LogP contribution in [0.3, 0.4) is 0 Å². The highest BCUT2D eigenvalue weighted by molar-refractivity contribution is 7.98. The summed E-state index contributed by atoms with van der Waals surface area (Å²) in [4.78, 5) is 28.2. The van der Waals surface area contributed by atoms with Gasteiger partial charge in [0.15, 0.2) is 0 Å². The van der Waals surface area contributed by atoms with Gasteiger partial charge in [0.05, 0.1) is 6.42 Å². The Kier molecular flexibility index (Phi) is 5.23. The minimum absolute atomic E-state index is 0.163. The summed E-state index contributed by atoms with van der Waals surface area (Å²) in [6.07, 6.45) is 0.365. The van der Waals surface area contributed by atoms with E-state index in [1.807, 2.05) is 20.8 Å². The highest BCUT2D eigenvalue weighted by Crippen LogP contribution is 2.19. The third-order valence-corrected chi connectivity index (χ3v) is 4.57. The normalized spacial score (nSPS) is 11.8. The monoisotopic (exact) mass is 341 g/mol. The molecule has 0 aliphatic carbocycles. The van der Waals surface area contributed by atoms with Crippen LogP contribution in [0.5, 0.6) is 0 Å². The van der Waals surface area contributed by atoms with Gasteiger partial charge in [0.2, 0.25) is 4.96 Å². The summed E-state index contributed by atoms with van der Waals surface area (Å²) in [6, 6.07) is 1.46. The fourth-order valence-electron chi connectivity index (χ4n) is 1.73. The van der Waals surface area contributed by atoms with Crippen molar-refractivity contribution in [1.82, 2.24) is 14.6 Å².